The zero-order valence-electron chi connectivity index (χ0n) is 18.2. The number of halogens is 2. The van der Waals surface area contributed by atoms with E-state index in [2.05, 4.69) is 5.32 Å². The number of piperazine rings is 1. The molecule has 1 aliphatic rings. The molecule has 2 aromatic carbocycles. The number of nitrogens with zero attached hydrogens (tertiary/aromatic N) is 2. The average molecular weight is 443 g/mol. The van der Waals surface area contributed by atoms with E-state index in [1.807, 2.05) is 19.9 Å². The van der Waals surface area contributed by atoms with Crippen molar-refractivity contribution in [2.75, 3.05) is 26.2 Å². The van der Waals surface area contributed by atoms with E-state index in [1.165, 1.54) is 11.0 Å². The Bertz CT molecular complexity index is 976. The fourth-order valence-corrected chi connectivity index (χ4v) is 3.64. The topological polar surface area (TPSA) is 69.7 Å². The van der Waals surface area contributed by atoms with Gasteiger partial charge in [0, 0.05) is 37.3 Å². The lowest BCUT2D eigenvalue weighted by Crippen LogP contribution is -2.57. The van der Waals surface area contributed by atoms with Gasteiger partial charge in [0.25, 0.3) is 11.8 Å². The number of hydrogen-bond acceptors (Lipinski definition) is 3. The molecule has 2 unspecified atom stereocenters. The summed E-state index contributed by atoms with van der Waals surface area (Å²) in [7, 11) is 0. The van der Waals surface area contributed by atoms with Gasteiger partial charge in [-0.05, 0) is 36.2 Å². The lowest BCUT2D eigenvalue weighted by Gasteiger charge is -2.37. The van der Waals surface area contributed by atoms with E-state index in [0.717, 1.165) is 12.1 Å². The molecule has 3 rings (SSSR count). The highest BCUT2D eigenvalue weighted by Crippen LogP contribution is 2.16. The highest BCUT2D eigenvalue weighted by atomic mass is 19.2. The molecule has 2 atom stereocenters. The van der Waals surface area contributed by atoms with E-state index in [9.17, 15) is 23.2 Å². The van der Waals surface area contributed by atoms with Crippen LogP contribution < -0.4 is 5.32 Å². The first kappa shape index (κ1) is 23.4. The Labute approximate surface area is 186 Å². The van der Waals surface area contributed by atoms with Gasteiger partial charge in [-0.1, -0.05) is 38.5 Å². The Morgan fingerprint density at radius 1 is 0.906 bits per heavy atom. The normalized spacial score (nSPS) is 15.8. The summed E-state index contributed by atoms with van der Waals surface area (Å²) in [6.45, 7) is 4.99. The van der Waals surface area contributed by atoms with Crippen molar-refractivity contribution in [2.45, 2.75) is 26.3 Å². The van der Waals surface area contributed by atoms with Gasteiger partial charge < -0.3 is 15.1 Å². The maximum absolute atomic E-state index is 13.5. The average Bonchev–Trinajstić information content (AvgIpc) is 2.83. The van der Waals surface area contributed by atoms with E-state index < -0.39 is 23.6 Å². The highest BCUT2D eigenvalue weighted by Gasteiger charge is 2.33. The molecule has 0 bridgehead atoms. The second-order valence-electron chi connectivity index (χ2n) is 7.95. The summed E-state index contributed by atoms with van der Waals surface area (Å²) in [5.74, 6) is -3.07. The van der Waals surface area contributed by atoms with Gasteiger partial charge in [-0.3, -0.25) is 14.4 Å². The van der Waals surface area contributed by atoms with Gasteiger partial charge in [-0.25, -0.2) is 8.78 Å². The summed E-state index contributed by atoms with van der Waals surface area (Å²) in [5.41, 5.74) is 0.548. The van der Waals surface area contributed by atoms with Crippen LogP contribution in [0.5, 0.6) is 0 Å². The van der Waals surface area contributed by atoms with Crippen LogP contribution in [-0.4, -0.2) is 59.7 Å². The number of nitrogens with one attached hydrogen (secondary N) is 1. The molecule has 0 saturated carbocycles. The van der Waals surface area contributed by atoms with E-state index >= 15 is 0 Å². The van der Waals surface area contributed by atoms with Crippen LogP contribution >= 0.6 is 0 Å². The highest BCUT2D eigenvalue weighted by molar-refractivity contribution is 5.98. The van der Waals surface area contributed by atoms with Crippen LogP contribution in [0.3, 0.4) is 0 Å². The van der Waals surface area contributed by atoms with Crippen molar-refractivity contribution in [1.29, 1.82) is 0 Å². The fraction of sp³-hybridized carbons (Fsp3) is 0.375. The molecule has 1 saturated heterocycles. The Hall–Kier alpha value is -3.29. The molecule has 32 heavy (non-hydrogen) atoms. The van der Waals surface area contributed by atoms with Crippen molar-refractivity contribution >= 4 is 17.7 Å². The Morgan fingerprint density at radius 3 is 2.12 bits per heavy atom. The van der Waals surface area contributed by atoms with Crippen LogP contribution in [0.1, 0.15) is 41.0 Å². The fourth-order valence-electron chi connectivity index (χ4n) is 3.64. The molecule has 8 heteroatoms. The van der Waals surface area contributed by atoms with Gasteiger partial charge in [-0.15, -0.1) is 0 Å². The van der Waals surface area contributed by atoms with Crippen molar-refractivity contribution in [3.05, 3.63) is 71.3 Å². The monoisotopic (exact) mass is 443 g/mol. The molecule has 1 N–H and O–H groups in total. The van der Waals surface area contributed by atoms with E-state index in [0.29, 0.717) is 25.1 Å². The number of carbonyl (C=O) groups excluding carboxylic acids is 3. The zero-order chi connectivity index (χ0) is 23.3. The summed E-state index contributed by atoms with van der Waals surface area (Å²) >= 11 is 0. The van der Waals surface area contributed by atoms with E-state index in [1.54, 1.807) is 29.2 Å². The summed E-state index contributed by atoms with van der Waals surface area (Å²) < 4.78 is 26.6. The van der Waals surface area contributed by atoms with Crippen LogP contribution in [0, 0.1) is 17.6 Å². The van der Waals surface area contributed by atoms with E-state index in [-0.39, 0.29) is 36.4 Å². The number of rotatable bonds is 6. The lowest BCUT2D eigenvalue weighted by molar-refractivity contribution is -0.136. The largest absolute Gasteiger partial charge is 0.340 e. The molecule has 0 spiro atoms. The van der Waals surface area contributed by atoms with Gasteiger partial charge in [0.1, 0.15) is 6.04 Å². The predicted molar refractivity (Wildman–Crippen MR) is 116 cm³/mol. The maximum Gasteiger partial charge on any atom is 0.254 e. The van der Waals surface area contributed by atoms with Gasteiger partial charge in [-0.2, -0.15) is 0 Å². The Morgan fingerprint density at radius 2 is 1.53 bits per heavy atom. The number of amides is 3. The minimum Gasteiger partial charge on any atom is -0.340 e. The van der Waals surface area contributed by atoms with Crippen molar-refractivity contribution < 1.29 is 23.2 Å². The van der Waals surface area contributed by atoms with Gasteiger partial charge >= 0.3 is 0 Å². The summed E-state index contributed by atoms with van der Waals surface area (Å²) in [6, 6.07) is 11.1. The van der Waals surface area contributed by atoms with Gasteiger partial charge in [0.05, 0.1) is 0 Å². The molecule has 6 nitrogen and oxygen atoms in total. The Kier molecular flexibility index (Phi) is 7.56. The molecule has 2 aromatic rings. The summed E-state index contributed by atoms with van der Waals surface area (Å²) in [6.07, 6.45) is 0.708. The first-order chi connectivity index (χ1) is 15.3. The first-order valence-corrected chi connectivity index (χ1v) is 10.7. The molecule has 0 aliphatic carbocycles. The third-order valence-corrected chi connectivity index (χ3v) is 5.85. The van der Waals surface area contributed by atoms with Crippen LogP contribution in [-0.2, 0) is 4.79 Å². The third-order valence-electron chi connectivity index (χ3n) is 5.85. The maximum atomic E-state index is 13.5. The third kappa shape index (κ3) is 5.30. The summed E-state index contributed by atoms with van der Waals surface area (Å²) in [5, 5.41) is 2.86. The second-order valence-corrected chi connectivity index (χ2v) is 7.95. The SMILES string of the molecule is CCC(C)C(NC(=O)c1ccccc1)C(=O)N1CCN(C(=O)c2ccc(F)c(F)c2)CC1. The molecule has 0 aromatic heterocycles. The molecule has 170 valence electrons. The molecular formula is C24H27F2N3O3. The van der Waals surface area contributed by atoms with Crippen molar-refractivity contribution in [3.8, 4) is 0 Å². The molecule has 3 amide bonds. The van der Waals surface area contributed by atoms with Gasteiger partial charge in [0.15, 0.2) is 11.6 Å². The van der Waals surface area contributed by atoms with E-state index in [4.69, 9.17) is 0 Å². The quantitative estimate of drug-likeness (QED) is 0.746. The van der Waals surface area contributed by atoms with Crippen LogP contribution in [0.25, 0.3) is 0 Å². The Balaban J connectivity index is 1.64. The van der Waals surface area contributed by atoms with Crippen LogP contribution in [0.15, 0.2) is 48.5 Å². The molecule has 1 fully saturated rings. The second kappa shape index (κ2) is 10.3. The predicted octanol–water partition coefficient (Wildman–Crippen LogP) is 3.09. The minimum atomic E-state index is -1.07. The minimum absolute atomic E-state index is 0.0660. The van der Waals surface area contributed by atoms with Crippen molar-refractivity contribution in [1.82, 2.24) is 15.1 Å². The summed E-state index contributed by atoms with van der Waals surface area (Å²) in [4.78, 5) is 41.6. The van der Waals surface area contributed by atoms with Crippen LogP contribution in [0.4, 0.5) is 8.78 Å². The van der Waals surface area contributed by atoms with Crippen molar-refractivity contribution in [3.63, 3.8) is 0 Å². The zero-order valence-corrected chi connectivity index (χ0v) is 18.2. The number of carbonyl (C=O) groups is 3. The smallest absolute Gasteiger partial charge is 0.254 e. The standard InChI is InChI=1S/C24H27F2N3O3/c1-3-16(2)21(27-22(30)17-7-5-4-6-8-17)24(32)29-13-11-28(12-14-29)23(31)18-9-10-19(25)20(26)15-18/h4-10,15-16,21H,3,11-14H2,1-2H3,(H,27,30). The van der Waals surface area contributed by atoms with Crippen molar-refractivity contribution in [2.24, 2.45) is 5.92 Å². The molecule has 1 heterocycles. The first-order valence-electron chi connectivity index (χ1n) is 10.7. The lowest BCUT2D eigenvalue weighted by atomic mass is 9.97. The van der Waals surface area contributed by atoms with Crippen LogP contribution in [0.2, 0.25) is 0 Å². The molecule has 0 radical (unpaired) electrons. The molecular weight excluding hydrogens is 416 g/mol. The number of hydrogen-bond donors (Lipinski definition) is 1. The number of benzene rings is 2. The van der Waals surface area contributed by atoms with Gasteiger partial charge in [0.2, 0.25) is 5.91 Å². The molecule has 1 aliphatic heterocycles.